The standard InChI is InChI=1S/C46H52N5O7/c1-4-6-19-37(44(56)46(58)48-30-42(55)51-43(39(52)5-2)35-16-8-7-9-17-35)50-45(57)38(28-33-15-10-12-18-36(27-33)34-25-26-34)49-41(54)29-47-40(53)20-13-11-14-32-23-21-31(3)22-24-32/h2,7-10,12,15-17,21-27,37-38,43H,4,6,11,13-14,18-20,28-30H2,1,3H3,(H,47,53)(H,48,58)(H,49,54)(H,50,57)(H,51,55). The zero-order chi connectivity index (χ0) is 41.9. The molecule has 0 saturated carbocycles. The number of allylic oxidation sites excluding steroid dienone is 7. The van der Waals surface area contributed by atoms with E-state index in [4.69, 9.17) is 6.42 Å². The van der Waals surface area contributed by atoms with E-state index in [1.807, 2.05) is 56.6 Å². The third kappa shape index (κ3) is 15.0. The van der Waals surface area contributed by atoms with Gasteiger partial charge in [-0.15, -0.1) is 6.42 Å². The van der Waals surface area contributed by atoms with Crippen molar-refractivity contribution >= 4 is 41.1 Å². The largest absolute Gasteiger partial charge is 0.347 e. The maximum Gasteiger partial charge on any atom is 0.290 e. The molecule has 4 rings (SSSR count). The maximum absolute atomic E-state index is 13.9. The Hall–Kier alpha value is -6.35. The predicted molar refractivity (Wildman–Crippen MR) is 221 cm³/mol. The number of hydrogen-bond donors (Lipinski definition) is 5. The molecule has 12 nitrogen and oxygen atoms in total. The highest BCUT2D eigenvalue weighted by atomic mass is 16.2. The minimum Gasteiger partial charge on any atom is -0.347 e. The molecule has 0 aromatic heterocycles. The topological polar surface area (TPSA) is 180 Å². The number of unbranched alkanes of at least 4 members (excludes halogenated alkanes) is 2. The van der Waals surface area contributed by atoms with Crippen molar-refractivity contribution in [3.63, 3.8) is 0 Å². The van der Waals surface area contributed by atoms with Crippen molar-refractivity contribution in [3.8, 4) is 12.3 Å². The molecule has 2 aliphatic rings. The lowest BCUT2D eigenvalue weighted by molar-refractivity contribution is -0.141. The van der Waals surface area contributed by atoms with Crippen LogP contribution in [0, 0.1) is 25.7 Å². The molecule has 12 heteroatoms. The third-order valence-corrected chi connectivity index (χ3v) is 9.58. The van der Waals surface area contributed by atoms with Crippen molar-refractivity contribution < 1.29 is 33.6 Å². The van der Waals surface area contributed by atoms with Crippen LogP contribution in [-0.2, 0) is 40.0 Å². The van der Waals surface area contributed by atoms with Gasteiger partial charge in [0.1, 0.15) is 12.1 Å². The summed E-state index contributed by atoms with van der Waals surface area (Å²) in [5, 5.41) is 12.8. The molecule has 5 amide bonds. The first-order valence-electron chi connectivity index (χ1n) is 19.7. The maximum atomic E-state index is 13.9. The molecule has 1 radical (unpaired) electrons. The second kappa shape index (κ2) is 23.0. The number of Topliss-reactive ketones (excluding diaryl/α,β-unsaturated/α-hetero) is 2. The molecular formula is C46H52N5O7. The number of hydrogen-bond acceptors (Lipinski definition) is 7. The van der Waals surface area contributed by atoms with E-state index in [1.54, 1.807) is 30.3 Å². The van der Waals surface area contributed by atoms with Crippen LogP contribution in [0.25, 0.3) is 0 Å². The van der Waals surface area contributed by atoms with Gasteiger partial charge in [-0.3, -0.25) is 33.6 Å². The lowest BCUT2D eigenvalue weighted by Crippen LogP contribution is -2.55. The lowest BCUT2D eigenvalue weighted by Gasteiger charge is -2.23. The first-order chi connectivity index (χ1) is 28.0. The number of benzene rings is 2. The predicted octanol–water partition coefficient (Wildman–Crippen LogP) is 4.08. The van der Waals surface area contributed by atoms with Gasteiger partial charge in [-0.2, -0.15) is 0 Å². The minimum absolute atomic E-state index is 0.0612. The van der Waals surface area contributed by atoms with Crippen molar-refractivity contribution in [3.05, 3.63) is 125 Å². The van der Waals surface area contributed by atoms with Crippen LogP contribution in [0.1, 0.15) is 81.0 Å². The molecule has 0 heterocycles. The van der Waals surface area contributed by atoms with Crippen LogP contribution in [0.5, 0.6) is 0 Å². The van der Waals surface area contributed by atoms with Gasteiger partial charge in [0.15, 0.2) is 0 Å². The van der Waals surface area contributed by atoms with E-state index in [1.165, 1.54) is 11.1 Å². The number of rotatable bonds is 23. The molecule has 303 valence electrons. The van der Waals surface area contributed by atoms with Crippen LogP contribution in [0.3, 0.4) is 0 Å². The highest BCUT2D eigenvalue weighted by Gasteiger charge is 2.31. The Labute approximate surface area is 340 Å². The fourth-order valence-electron chi connectivity index (χ4n) is 6.22. The average molecular weight is 787 g/mol. The highest BCUT2D eigenvalue weighted by molar-refractivity contribution is 6.38. The Bertz CT molecular complexity index is 1990. The van der Waals surface area contributed by atoms with Gasteiger partial charge in [0.2, 0.25) is 35.2 Å². The van der Waals surface area contributed by atoms with Crippen molar-refractivity contribution in [2.75, 3.05) is 13.1 Å². The Morgan fingerprint density at radius 2 is 1.50 bits per heavy atom. The van der Waals surface area contributed by atoms with Gasteiger partial charge in [-0.25, -0.2) is 0 Å². The molecule has 3 atom stereocenters. The molecule has 58 heavy (non-hydrogen) atoms. The molecule has 0 saturated heterocycles. The average Bonchev–Trinajstić information content (AvgIpc) is 4.10. The molecule has 0 bridgehead atoms. The Kier molecular flexibility index (Phi) is 17.6. The van der Waals surface area contributed by atoms with Crippen LogP contribution >= 0.6 is 0 Å². The van der Waals surface area contributed by atoms with E-state index in [0.29, 0.717) is 31.2 Å². The quantitative estimate of drug-likeness (QED) is 0.0488. The Morgan fingerprint density at radius 1 is 0.793 bits per heavy atom. The first-order valence-corrected chi connectivity index (χ1v) is 19.7. The number of carbonyl (C=O) groups excluding carboxylic acids is 7. The van der Waals surface area contributed by atoms with Crippen LogP contribution in [-0.4, -0.2) is 66.3 Å². The summed E-state index contributed by atoms with van der Waals surface area (Å²) in [5.41, 5.74) is 5.71. The van der Waals surface area contributed by atoms with Gasteiger partial charge in [0, 0.05) is 19.3 Å². The minimum atomic E-state index is -1.27. The first kappa shape index (κ1) is 44.4. The highest BCUT2D eigenvalue weighted by Crippen LogP contribution is 2.31. The van der Waals surface area contributed by atoms with Gasteiger partial charge in [0.05, 0.1) is 19.1 Å². The lowest BCUT2D eigenvalue weighted by atomic mass is 9.99. The van der Waals surface area contributed by atoms with Crippen LogP contribution in [0.2, 0.25) is 0 Å². The fraction of sp³-hybridized carbons (Fsp3) is 0.348. The van der Waals surface area contributed by atoms with E-state index in [0.717, 1.165) is 29.6 Å². The van der Waals surface area contributed by atoms with Gasteiger partial charge < -0.3 is 26.6 Å². The summed E-state index contributed by atoms with van der Waals surface area (Å²) < 4.78 is 0. The molecule has 3 unspecified atom stereocenters. The Balaban J connectivity index is 1.37. The number of ketones is 2. The smallest absolute Gasteiger partial charge is 0.290 e. The zero-order valence-corrected chi connectivity index (χ0v) is 33.1. The number of amides is 5. The monoisotopic (exact) mass is 786 g/mol. The van der Waals surface area contributed by atoms with Crippen molar-refractivity contribution in [1.29, 1.82) is 0 Å². The van der Waals surface area contributed by atoms with Crippen LogP contribution in [0.15, 0.2) is 102 Å². The molecule has 0 fully saturated rings. The van der Waals surface area contributed by atoms with Gasteiger partial charge in [0.25, 0.3) is 5.91 Å². The van der Waals surface area contributed by atoms with Crippen LogP contribution < -0.4 is 26.6 Å². The third-order valence-electron chi connectivity index (χ3n) is 9.58. The van der Waals surface area contributed by atoms with E-state index in [-0.39, 0.29) is 31.7 Å². The summed E-state index contributed by atoms with van der Waals surface area (Å²) in [6, 6.07) is 13.0. The van der Waals surface area contributed by atoms with Crippen molar-refractivity contribution in [2.24, 2.45) is 0 Å². The SMILES string of the molecule is C#CC(=O)C(NC(=O)CNC(=O)C(=O)C(CCCC)NC(=O)C(CC1=CC=CCC(C2=C[CH]2)=C1)NC(=O)CNC(=O)CCCCc1ccc(C)cc1)c1ccccc1. The molecule has 2 aromatic rings. The zero-order valence-electron chi connectivity index (χ0n) is 33.1. The molecule has 0 aliphatic heterocycles. The van der Waals surface area contributed by atoms with E-state index in [2.05, 4.69) is 50.8 Å². The second-order valence-corrected chi connectivity index (χ2v) is 14.3. The molecule has 2 aliphatic carbocycles. The molecule has 5 N–H and O–H groups in total. The summed E-state index contributed by atoms with van der Waals surface area (Å²) in [6.07, 6.45) is 21.5. The van der Waals surface area contributed by atoms with Crippen molar-refractivity contribution in [1.82, 2.24) is 26.6 Å². The fourth-order valence-corrected chi connectivity index (χ4v) is 6.22. The number of nitrogens with one attached hydrogen (secondary N) is 5. The number of carbonyl (C=O) groups is 7. The Morgan fingerprint density at radius 3 is 2.19 bits per heavy atom. The summed E-state index contributed by atoms with van der Waals surface area (Å²) in [4.78, 5) is 91.4. The number of terminal acetylenes is 1. The van der Waals surface area contributed by atoms with E-state index in [9.17, 15) is 33.6 Å². The molecular weight excluding hydrogens is 735 g/mol. The summed E-state index contributed by atoms with van der Waals surface area (Å²) in [5.74, 6) is -3.14. The summed E-state index contributed by atoms with van der Waals surface area (Å²) >= 11 is 0. The number of aryl methyl sites for hydroxylation is 2. The molecule has 2 aromatic carbocycles. The van der Waals surface area contributed by atoms with Crippen molar-refractivity contribution in [2.45, 2.75) is 89.8 Å². The van der Waals surface area contributed by atoms with Gasteiger partial charge >= 0.3 is 0 Å². The van der Waals surface area contributed by atoms with Crippen LogP contribution in [0.4, 0.5) is 0 Å². The summed E-state index contributed by atoms with van der Waals surface area (Å²) in [7, 11) is 0. The second-order valence-electron chi connectivity index (χ2n) is 14.3. The van der Waals surface area contributed by atoms with E-state index >= 15 is 0 Å². The molecule has 0 spiro atoms. The van der Waals surface area contributed by atoms with Gasteiger partial charge in [-0.1, -0.05) is 110 Å². The van der Waals surface area contributed by atoms with E-state index < -0.39 is 59.9 Å². The summed E-state index contributed by atoms with van der Waals surface area (Å²) in [6.45, 7) is 2.92. The van der Waals surface area contributed by atoms with Gasteiger partial charge in [-0.05, 0) is 72.8 Å². The normalized spacial score (nSPS) is 14.4.